The zero-order chi connectivity index (χ0) is 25.6. The average Bonchev–Trinajstić information content (AvgIpc) is 2.83. The van der Waals surface area contributed by atoms with E-state index in [1.807, 2.05) is 24.3 Å². The van der Waals surface area contributed by atoms with Gasteiger partial charge in [0.15, 0.2) is 0 Å². The molecule has 0 aliphatic carbocycles. The highest BCUT2D eigenvalue weighted by atomic mass is 32.2. The number of rotatable bonds is 5. The lowest BCUT2D eigenvalue weighted by molar-refractivity contribution is -0.385. The molecule has 0 amide bonds. The Morgan fingerprint density at radius 2 is 1.75 bits per heavy atom. The summed E-state index contributed by atoms with van der Waals surface area (Å²) in [6.45, 7) is 1.64. The summed E-state index contributed by atoms with van der Waals surface area (Å²) in [4.78, 5) is 28.7. The van der Waals surface area contributed by atoms with Crippen molar-refractivity contribution >= 4 is 43.2 Å². The van der Waals surface area contributed by atoms with E-state index in [0.717, 1.165) is 17.4 Å². The highest BCUT2D eigenvalue weighted by Gasteiger charge is 2.16. The van der Waals surface area contributed by atoms with E-state index in [1.54, 1.807) is 49.5 Å². The number of anilines is 1. The highest BCUT2D eigenvalue weighted by Crippen LogP contribution is 2.31. The van der Waals surface area contributed by atoms with Gasteiger partial charge in [-0.25, -0.2) is 8.42 Å². The summed E-state index contributed by atoms with van der Waals surface area (Å²) >= 11 is 0. The van der Waals surface area contributed by atoms with Gasteiger partial charge in [0.2, 0.25) is 10.0 Å². The van der Waals surface area contributed by atoms with E-state index in [-0.39, 0.29) is 11.2 Å². The van der Waals surface area contributed by atoms with Crippen LogP contribution in [0.2, 0.25) is 0 Å². The van der Waals surface area contributed by atoms with Gasteiger partial charge in [0.25, 0.3) is 11.2 Å². The van der Waals surface area contributed by atoms with Gasteiger partial charge < -0.3 is 0 Å². The summed E-state index contributed by atoms with van der Waals surface area (Å²) in [6, 6.07) is 20.3. The molecule has 3 aromatic carbocycles. The molecule has 1 N–H and O–H groups in total. The van der Waals surface area contributed by atoms with Crippen LogP contribution in [0.3, 0.4) is 0 Å². The van der Waals surface area contributed by atoms with Crippen molar-refractivity contribution in [3.05, 3.63) is 105 Å². The first kappa shape index (κ1) is 23.2. The van der Waals surface area contributed by atoms with Crippen LogP contribution in [0, 0.1) is 17.0 Å². The summed E-state index contributed by atoms with van der Waals surface area (Å²) in [5.41, 5.74) is 3.63. The summed E-state index contributed by atoms with van der Waals surface area (Å²) in [5, 5.41) is 12.9. The van der Waals surface area contributed by atoms with Gasteiger partial charge >= 0.3 is 0 Å². The second-order valence-corrected chi connectivity index (χ2v) is 10.2. The van der Waals surface area contributed by atoms with Crippen molar-refractivity contribution in [3.8, 4) is 16.8 Å². The zero-order valence-electron chi connectivity index (χ0n) is 19.3. The molecule has 10 heteroatoms. The van der Waals surface area contributed by atoms with E-state index in [4.69, 9.17) is 0 Å². The highest BCUT2D eigenvalue weighted by molar-refractivity contribution is 7.92. The normalized spacial score (nSPS) is 11.6. The molecule has 0 aliphatic rings. The van der Waals surface area contributed by atoms with E-state index in [9.17, 15) is 23.3 Å². The molecule has 0 atom stereocenters. The second kappa shape index (κ2) is 8.58. The van der Waals surface area contributed by atoms with Gasteiger partial charge in [0, 0.05) is 40.4 Å². The number of pyridine rings is 2. The first-order valence-corrected chi connectivity index (χ1v) is 12.8. The van der Waals surface area contributed by atoms with Crippen molar-refractivity contribution in [1.29, 1.82) is 0 Å². The molecule has 0 saturated carbocycles. The van der Waals surface area contributed by atoms with Gasteiger partial charge in [-0.1, -0.05) is 24.3 Å². The Labute approximate surface area is 205 Å². The van der Waals surface area contributed by atoms with E-state index < -0.39 is 14.9 Å². The number of sulfonamides is 1. The lowest BCUT2D eigenvalue weighted by Crippen LogP contribution is -2.18. The molecule has 0 bridgehead atoms. The van der Waals surface area contributed by atoms with Gasteiger partial charge in [0.1, 0.15) is 0 Å². The fourth-order valence-electron chi connectivity index (χ4n) is 4.26. The third kappa shape index (κ3) is 4.29. The van der Waals surface area contributed by atoms with Crippen LogP contribution in [0.15, 0.2) is 83.8 Å². The smallest absolute Gasteiger partial charge is 0.274 e. The van der Waals surface area contributed by atoms with Gasteiger partial charge in [-0.3, -0.25) is 29.2 Å². The quantitative estimate of drug-likeness (QED) is 0.210. The minimum atomic E-state index is -3.44. The Kier molecular flexibility index (Phi) is 5.52. The largest absolute Gasteiger partial charge is 0.284 e. The predicted molar refractivity (Wildman–Crippen MR) is 140 cm³/mol. The number of hydrogen-bond donors (Lipinski definition) is 1. The Morgan fingerprint density at radius 1 is 0.972 bits per heavy atom. The number of nitro groups is 1. The van der Waals surface area contributed by atoms with Crippen LogP contribution < -0.4 is 10.3 Å². The molecule has 36 heavy (non-hydrogen) atoms. The molecule has 0 aliphatic heterocycles. The van der Waals surface area contributed by atoms with Crippen molar-refractivity contribution < 1.29 is 13.3 Å². The van der Waals surface area contributed by atoms with Crippen LogP contribution in [0.5, 0.6) is 0 Å². The SMILES string of the molecule is Cc1ccc(-n2c(=O)ccc3cnc4ccc(-c5cccc(NS(C)(=O)=O)c5)cc4c32)cc1[N+](=O)[O-]. The van der Waals surface area contributed by atoms with Gasteiger partial charge in [-0.2, -0.15) is 0 Å². The number of nitro benzene ring substituents is 1. The lowest BCUT2D eigenvalue weighted by atomic mass is 10.0. The van der Waals surface area contributed by atoms with Crippen molar-refractivity contribution in [2.45, 2.75) is 6.92 Å². The Hall–Kier alpha value is -4.57. The molecule has 0 fully saturated rings. The summed E-state index contributed by atoms with van der Waals surface area (Å²) < 4.78 is 27.3. The fourth-order valence-corrected chi connectivity index (χ4v) is 4.81. The molecule has 0 radical (unpaired) electrons. The number of aromatic nitrogens is 2. The van der Waals surface area contributed by atoms with Crippen molar-refractivity contribution in [2.24, 2.45) is 0 Å². The average molecular weight is 501 g/mol. The Bertz CT molecular complexity index is 1860. The maximum Gasteiger partial charge on any atom is 0.274 e. The molecule has 0 unspecified atom stereocenters. The molecule has 5 rings (SSSR count). The first-order chi connectivity index (χ1) is 17.1. The maximum absolute atomic E-state index is 13.1. The molecular weight excluding hydrogens is 480 g/mol. The molecule has 180 valence electrons. The zero-order valence-corrected chi connectivity index (χ0v) is 20.1. The fraction of sp³-hybridized carbons (Fsp3) is 0.0769. The summed E-state index contributed by atoms with van der Waals surface area (Å²) in [5.74, 6) is 0. The predicted octanol–water partition coefficient (Wildman–Crippen LogP) is 4.79. The van der Waals surface area contributed by atoms with Crippen LogP contribution in [0.1, 0.15) is 5.56 Å². The number of fused-ring (bicyclic) bond motifs is 3. The van der Waals surface area contributed by atoms with E-state index in [1.165, 1.54) is 16.7 Å². The Balaban J connectivity index is 1.78. The van der Waals surface area contributed by atoms with Crippen LogP contribution >= 0.6 is 0 Å². The number of nitrogens with one attached hydrogen (secondary N) is 1. The number of benzene rings is 3. The summed E-state index contributed by atoms with van der Waals surface area (Å²) in [7, 11) is -3.44. The standard InChI is InChI=1S/C26H20N4O5S/c1-16-6-9-21(14-24(16)30(32)33)29-25(31)11-8-19-15-27-23-10-7-18(13-22(23)26(19)29)17-4-3-5-20(12-17)28-36(2,34)35/h3-15,28H,1-2H3. The van der Waals surface area contributed by atoms with Crippen LogP contribution in [-0.4, -0.2) is 29.1 Å². The minimum absolute atomic E-state index is 0.0781. The van der Waals surface area contributed by atoms with E-state index >= 15 is 0 Å². The van der Waals surface area contributed by atoms with Crippen molar-refractivity contribution in [1.82, 2.24) is 9.55 Å². The van der Waals surface area contributed by atoms with Crippen LogP contribution in [0.25, 0.3) is 38.6 Å². The van der Waals surface area contributed by atoms with Crippen LogP contribution in [-0.2, 0) is 10.0 Å². The summed E-state index contributed by atoms with van der Waals surface area (Å²) in [6.07, 6.45) is 2.74. The molecule has 0 saturated heterocycles. The topological polar surface area (TPSA) is 124 Å². The van der Waals surface area contributed by atoms with Crippen molar-refractivity contribution in [3.63, 3.8) is 0 Å². The van der Waals surface area contributed by atoms with E-state index in [2.05, 4.69) is 9.71 Å². The second-order valence-electron chi connectivity index (χ2n) is 8.48. The van der Waals surface area contributed by atoms with Gasteiger partial charge in [-0.15, -0.1) is 0 Å². The van der Waals surface area contributed by atoms with Crippen molar-refractivity contribution in [2.75, 3.05) is 11.0 Å². The molecule has 0 spiro atoms. The number of hydrogen-bond acceptors (Lipinski definition) is 6. The molecule has 2 aromatic heterocycles. The molecular formula is C26H20N4O5S. The first-order valence-electron chi connectivity index (χ1n) is 10.9. The molecule has 2 heterocycles. The number of aryl methyl sites for hydroxylation is 1. The Morgan fingerprint density at radius 3 is 2.50 bits per heavy atom. The van der Waals surface area contributed by atoms with Gasteiger partial charge in [-0.05, 0) is 54.4 Å². The monoisotopic (exact) mass is 500 g/mol. The van der Waals surface area contributed by atoms with Gasteiger partial charge in [0.05, 0.1) is 27.9 Å². The third-order valence-corrected chi connectivity index (χ3v) is 6.47. The third-order valence-electron chi connectivity index (χ3n) is 5.86. The molecule has 5 aromatic rings. The van der Waals surface area contributed by atoms with Crippen LogP contribution in [0.4, 0.5) is 11.4 Å². The van der Waals surface area contributed by atoms with E-state index in [0.29, 0.717) is 38.7 Å². The number of nitrogens with zero attached hydrogens (tertiary/aromatic N) is 3. The molecule has 9 nitrogen and oxygen atoms in total. The maximum atomic E-state index is 13.1. The lowest BCUT2D eigenvalue weighted by Gasteiger charge is -2.14. The minimum Gasteiger partial charge on any atom is -0.284 e.